The minimum absolute atomic E-state index is 0.0728. The lowest BCUT2D eigenvalue weighted by Gasteiger charge is -2.31. The lowest BCUT2D eigenvalue weighted by atomic mass is 10.1. The summed E-state index contributed by atoms with van der Waals surface area (Å²) in [6, 6.07) is 12.1. The Bertz CT molecular complexity index is 995. The molecule has 1 saturated heterocycles. The highest BCUT2D eigenvalue weighted by Gasteiger charge is 2.19. The molecular weight excluding hydrogens is 410 g/mol. The fourth-order valence-corrected chi connectivity index (χ4v) is 4.88. The van der Waals surface area contributed by atoms with Gasteiger partial charge in [-0.3, -0.25) is 9.36 Å². The van der Waals surface area contributed by atoms with Crippen LogP contribution in [0.25, 0.3) is 11.6 Å². The van der Waals surface area contributed by atoms with E-state index in [2.05, 4.69) is 39.4 Å². The van der Waals surface area contributed by atoms with Gasteiger partial charge in [-0.15, -0.1) is 10.2 Å². The van der Waals surface area contributed by atoms with E-state index in [1.54, 1.807) is 11.2 Å². The first-order valence-electron chi connectivity index (χ1n) is 10.8. The van der Waals surface area contributed by atoms with Crippen molar-refractivity contribution in [3.63, 3.8) is 0 Å². The Morgan fingerprint density at radius 1 is 1.13 bits per heavy atom. The molecule has 7 nitrogen and oxygen atoms in total. The van der Waals surface area contributed by atoms with E-state index in [1.807, 2.05) is 30.7 Å². The third-order valence-corrected chi connectivity index (χ3v) is 6.57. The monoisotopic (exact) mass is 439 g/mol. The molecule has 0 atom stereocenters. The van der Waals surface area contributed by atoms with Crippen LogP contribution in [0.4, 0.5) is 5.69 Å². The molecule has 164 valence electrons. The first kappa shape index (κ1) is 21.5. The van der Waals surface area contributed by atoms with E-state index in [1.165, 1.54) is 42.3 Å². The first-order chi connectivity index (χ1) is 15.2. The molecule has 0 bridgehead atoms. The number of para-hydroxylation sites is 1. The summed E-state index contributed by atoms with van der Waals surface area (Å²) >= 11 is 1.42. The predicted molar refractivity (Wildman–Crippen MR) is 123 cm³/mol. The van der Waals surface area contributed by atoms with E-state index in [9.17, 15) is 4.79 Å². The summed E-state index contributed by atoms with van der Waals surface area (Å²) in [6.45, 7) is 5.53. The van der Waals surface area contributed by atoms with Crippen molar-refractivity contribution in [1.82, 2.24) is 19.7 Å². The third kappa shape index (κ3) is 4.95. The largest absolute Gasteiger partial charge is 0.461 e. The Labute approximate surface area is 187 Å². The summed E-state index contributed by atoms with van der Waals surface area (Å²) in [5, 5.41) is 9.25. The topological polar surface area (TPSA) is 67.4 Å². The predicted octanol–water partition coefficient (Wildman–Crippen LogP) is 4.30. The van der Waals surface area contributed by atoms with Gasteiger partial charge in [-0.2, -0.15) is 0 Å². The number of benzene rings is 1. The maximum absolute atomic E-state index is 12.9. The first-order valence-corrected chi connectivity index (χ1v) is 11.8. The summed E-state index contributed by atoms with van der Waals surface area (Å²) in [5.74, 6) is 1.76. The lowest BCUT2D eigenvalue weighted by molar-refractivity contribution is -0.127. The van der Waals surface area contributed by atoms with Gasteiger partial charge in [0.1, 0.15) is 0 Å². The number of hydrogen-bond acceptors (Lipinski definition) is 6. The van der Waals surface area contributed by atoms with E-state index >= 15 is 0 Å². The number of hydrogen-bond donors (Lipinski definition) is 0. The molecule has 3 heterocycles. The molecular formula is C23H29N5O2S. The number of furan rings is 1. The van der Waals surface area contributed by atoms with Crippen LogP contribution in [0, 0.1) is 0 Å². The van der Waals surface area contributed by atoms with Crippen LogP contribution in [0.15, 0.2) is 52.2 Å². The highest BCUT2D eigenvalue weighted by molar-refractivity contribution is 7.99. The fourth-order valence-electron chi connectivity index (χ4n) is 3.94. The summed E-state index contributed by atoms with van der Waals surface area (Å²) in [7, 11) is 1.87. The number of anilines is 1. The molecule has 0 aliphatic carbocycles. The maximum atomic E-state index is 12.9. The molecule has 31 heavy (non-hydrogen) atoms. The van der Waals surface area contributed by atoms with Gasteiger partial charge >= 0.3 is 0 Å². The summed E-state index contributed by atoms with van der Waals surface area (Å²) < 4.78 is 7.43. The van der Waals surface area contributed by atoms with Crippen LogP contribution >= 0.6 is 11.8 Å². The second-order valence-electron chi connectivity index (χ2n) is 7.74. The van der Waals surface area contributed by atoms with Crippen molar-refractivity contribution >= 4 is 23.4 Å². The average molecular weight is 440 g/mol. The number of aromatic nitrogens is 3. The lowest BCUT2D eigenvalue weighted by Crippen LogP contribution is -2.32. The van der Waals surface area contributed by atoms with Gasteiger partial charge in [0.25, 0.3) is 0 Å². The highest BCUT2D eigenvalue weighted by atomic mass is 32.2. The molecule has 1 fully saturated rings. The van der Waals surface area contributed by atoms with Gasteiger partial charge in [0.05, 0.1) is 12.0 Å². The summed E-state index contributed by atoms with van der Waals surface area (Å²) in [6.07, 6.45) is 5.39. The minimum Gasteiger partial charge on any atom is -0.461 e. The highest BCUT2D eigenvalue weighted by Crippen LogP contribution is 2.27. The smallest absolute Gasteiger partial charge is 0.233 e. The fraction of sp³-hybridized carbons (Fsp3) is 0.435. The number of rotatable bonds is 8. The van der Waals surface area contributed by atoms with Gasteiger partial charge in [-0.05, 0) is 49.9 Å². The van der Waals surface area contributed by atoms with Crippen molar-refractivity contribution in [3.05, 3.63) is 48.2 Å². The van der Waals surface area contributed by atoms with Gasteiger partial charge < -0.3 is 14.2 Å². The van der Waals surface area contributed by atoms with Crippen LogP contribution < -0.4 is 4.90 Å². The third-order valence-electron chi connectivity index (χ3n) is 5.62. The summed E-state index contributed by atoms with van der Waals surface area (Å²) in [5.41, 5.74) is 2.45. The number of piperidine rings is 1. The molecule has 0 spiro atoms. The SMILES string of the molecule is CCn1c(SCC(=O)N(C)Cc2ccccc2N2CCCCC2)nnc1-c1ccco1. The quantitative estimate of drug-likeness (QED) is 0.488. The molecule has 8 heteroatoms. The van der Waals surface area contributed by atoms with Crippen LogP contribution in [0.1, 0.15) is 31.7 Å². The van der Waals surface area contributed by atoms with Gasteiger partial charge in [-0.25, -0.2) is 0 Å². The Balaban J connectivity index is 1.39. The molecule has 0 N–H and O–H groups in total. The number of carbonyl (C=O) groups excluding carboxylic acids is 1. The average Bonchev–Trinajstić information content (AvgIpc) is 3.47. The van der Waals surface area contributed by atoms with E-state index in [0.29, 0.717) is 30.4 Å². The van der Waals surface area contributed by atoms with Gasteiger partial charge in [0.15, 0.2) is 16.7 Å². The van der Waals surface area contributed by atoms with Crippen molar-refractivity contribution in [2.75, 3.05) is 30.8 Å². The molecule has 0 radical (unpaired) electrons. The number of amides is 1. The molecule has 2 aromatic heterocycles. The molecule has 3 aromatic rings. The van der Waals surface area contributed by atoms with Crippen LogP contribution in [-0.2, 0) is 17.9 Å². The van der Waals surface area contributed by atoms with Crippen molar-refractivity contribution in [1.29, 1.82) is 0 Å². The molecule has 1 aliphatic heterocycles. The maximum Gasteiger partial charge on any atom is 0.233 e. The minimum atomic E-state index is 0.0728. The van der Waals surface area contributed by atoms with Crippen LogP contribution in [-0.4, -0.2) is 51.5 Å². The zero-order chi connectivity index (χ0) is 21.6. The second kappa shape index (κ2) is 10.0. The molecule has 1 aliphatic rings. The molecule has 4 rings (SSSR count). The molecule has 0 saturated carbocycles. The standard InChI is InChI=1S/C23H29N5O2S/c1-3-28-22(20-12-9-15-30-20)24-25-23(28)31-17-21(29)26(2)16-18-10-5-6-11-19(18)27-13-7-4-8-14-27/h5-6,9-12,15H,3-4,7-8,13-14,16-17H2,1-2H3. The normalized spacial score (nSPS) is 14.1. The number of thioether (sulfide) groups is 1. The van der Waals surface area contributed by atoms with E-state index in [0.717, 1.165) is 18.2 Å². The molecule has 1 amide bonds. The second-order valence-corrected chi connectivity index (χ2v) is 8.69. The van der Waals surface area contributed by atoms with Crippen LogP contribution in [0.2, 0.25) is 0 Å². The van der Waals surface area contributed by atoms with Gasteiger partial charge in [-0.1, -0.05) is 30.0 Å². The summed E-state index contributed by atoms with van der Waals surface area (Å²) in [4.78, 5) is 17.1. The van der Waals surface area contributed by atoms with Crippen LogP contribution in [0.5, 0.6) is 0 Å². The van der Waals surface area contributed by atoms with Crippen molar-refractivity contribution < 1.29 is 9.21 Å². The Morgan fingerprint density at radius 3 is 2.68 bits per heavy atom. The molecule has 1 aromatic carbocycles. The Morgan fingerprint density at radius 2 is 1.94 bits per heavy atom. The zero-order valence-corrected chi connectivity index (χ0v) is 19.0. The Hall–Kier alpha value is -2.74. The van der Waals surface area contributed by atoms with Gasteiger partial charge in [0.2, 0.25) is 5.91 Å². The van der Waals surface area contributed by atoms with Crippen molar-refractivity contribution in [2.24, 2.45) is 0 Å². The van der Waals surface area contributed by atoms with E-state index < -0.39 is 0 Å². The van der Waals surface area contributed by atoms with E-state index in [-0.39, 0.29) is 5.91 Å². The number of carbonyl (C=O) groups is 1. The Kier molecular flexibility index (Phi) is 6.96. The van der Waals surface area contributed by atoms with Crippen molar-refractivity contribution in [3.8, 4) is 11.6 Å². The van der Waals surface area contributed by atoms with Gasteiger partial charge in [0, 0.05) is 38.9 Å². The zero-order valence-electron chi connectivity index (χ0n) is 18.2. The van der Waals surface area contributed by atoms with Crippen LogP contribution in [0.3, 0.4) is 0 Å². The van der Waals surface area contributed by atoms with E-state index in [4.69, 9.17) is 4.42 Å². The number of nitrogens with zero attached hydrogens (tertiary/aromatic N) is 5. The van der Waals surface area contributed by atoms with Crippen molar-refractivity contribution in [2.45, 2.75) is 44.4 Å². The molecule has 0 unspecified atom stereocenters.